The van der Waals surface area contributed by atoms with Gasteiger partial charge in [0.15, 0.2) is 18.2 Å². The van der Waals surface area contributed by atoms with E-state index in [1.165, 1.54) is 31.7 Å². The number of nitrogens with one attached hydrogen (secondary N) is 1. The molecule has 1 saturated heterocycles. The summed E-state index contributed by atoms with van der Waals surface area (Å²) in [5, 5.41) is 21.3. The lowest BCUT2D eigenvalue weighted by Gasteiger charge is -2.28. The van der Waals surface area contributed by atoms with Crippen molar-refractivity contribution in [3.63, 3.8) is 0 Å². The molecule has 1 atom stereocenters. The molecule has 1 fully saturated rings. The predicted octanol–water partition coefficient (Wildman–Crippen LogP) is 1.23. The lowest BCUT2D eigenvalue weighted by molar-refractivity contribution is -0.605. The van der Waals surface area contributed by atoms with Gasteiger partial charge in [-0.25, -0.2) is 5.48 Å². The Bertz CT molecular complexity index is 516. The number of nitrogens with zero attached hydrogens (tertiary/aromatic N) is 3. The molecule has 0 saturated carbocycles. The van der Waals surface area contributed by atoms with Gasteiger partial charge < -0.3 is 15.2 Å². The van der Waals surface area contributed by atoms with Gasteiger partial charge >= 0.3 is 0 Å². The summed E-state index contributed by atoms with van der Waals surface area (Å²) < 4.78 is 0.733. The topological polar surface area (TPSA) is 84.0 Å². The third kappa shape index (κ3) is 7.37. The van der Waals surface area contributed by atoms with Gasteiger partial charge in [-0.15, -0.1) is 0 Å². The van der Waals surface area contributed by atoms with E-state index in [0.717, 1.165) is 36.2 Å². The van der Waals surface area contributed by atoms with Crippen LogP contribution in [0.5, 0.6) is 0 Å². The van der Waals surface area contributed by atoms with Crippen LogP contribution in [0.1, 0.15) is 44.6 Å². The molecule has 2 rings (SSSR count). The molecular weight excluding hydrogens is 320 g/mol. The van der Waals surface area contributed by atoms with Gasteiger partial charge in [-0.05, 0) is 32.4 Å². The molecule has 0 aromatic carbocycles. The van der Waals surface area contributed by atoms with Gasteiger partial charge in [-0.2, -0.15) is 4.73 Å². The number of β-amino-alcohol motifs (C(OH)–C–C–N with tert-alkyl or cyclic N) is 1. The highest BCUT2D eigenvalue weighted by atomic mass is 16.6. The first-order chi connectivity index (χ1) is 12.2. The standard InChI is InChI=1S/C18H30N4O3/c1-2-3-9-19-18(16-7-12-22(24)13-8-16)20-25-15-17(23)14-21-10-5-4-6-11-21/h7-8,12-13,17,23H,2-6,9-11,14-15H2,1H3,(H,19,20). The smallest absolute Gasteiger partial charge is 0.181 e. The number of amidine groups is 1. The highest BCUT2D eigenvalue weighted by molar-refractivity contribution is 5.97. The quantitative estimate of drug-likeness (QED) is 0.175. The number of aromatic nitrogens is 1. The fourth-order valence-electron chi connectivity index (χ4n) is 2.80. The maximum Gasteiger partial charge on any atom is 0.181 e. The van der Waals surface area contributed by atoms with E-state index in [1.54, 1.807) is 12.1 Å². The molecule has 1 unspecified atom stereocenters. The maximum absolute atomic E-state index is 11.2. The van der Waals surface area contributed by atoms with Crippen molar-refractivity contribution in [2.75, 3.05) is 32.8 Å². The molecule has 1 aromatic rings. The van der Waals surface area contributed by atoms with Gasteiger partial charge in [0.25, 0.3) is 0 Å². The minimum absolute atomic E-state index is 0.192. The van der Waals surface area contributed by atoms with Crippen molar-refractivity contribution < 1.29 is 14.7 Å². The molecule has 0 amide bonds. The molecule has 140 valence electrons. The van der Waals surface area contributed by atoms with Crippen molar-refractivity contribution in [2.24, 2.45) is 4.99 Å². The molecule has 25 heavy (non-hydrogen) atoms. The Morgan fingerprint density at radius 2 is 2.08 bits per heavy atom. The van der Waals surface area contributed by atoms with Crippen molar-refractivity contribution in [2.45, 2.75) is 45.1 Å². The summed E-state index contributed by atoms with van der Waals surface area (Å²) >= 11 is 0. The number of piperidine rings is 1. The molecule has 7 nitrogen and oxygen atoms in total. The summed E-state index contributed by atoms with van der Waals surface area (Å²) in [4.78, 5) is 12.3. The zero-order chi connectivity index (χ0) is 17.9. The summed E-state index contributed by atoms with van der Waals surface area (Å²) in [6.07, 6.45) is 8.04. The van der Waals surface area contributed by atoms with Crippen molar-refractivity contribution in [1.29, 1.82) is 0 Å². The van der Waals surface area contributed by atoms with Crippen LogP contribution < -0.4 is 10.2 Å². The van der Waals surface area contributed by atoms with Crippen LogP contribution in [-0.4, -0.2) is 54.7 Å². The number of hydrogen-bond acceptors (Lipinski definition) is 5. The molecular formula is C18H30N4O3. The Labute approximate surface area is 149 Å². The fourth-order valence-corrected chi connectivity index (χ4v) is 2.80. The number of aliphatic hydroxyl groups excluding tert-OH is 1. The molecule has 1 aliphatic rings. The predicted molar refractivity (Wildman–Crippen MR) is 97.1 cm³/mol. The van der Waals surface area contributed by atoms with Crippen molar-refractivity contribution in [3.8, 4) is 0 Å². The zero-order valence-corrected chi connectivity index (χ0v) is 15.1. The number of hydroxylamine groups is 1. The summed E-state index contributed by atoms with van der Waals surface area (Å²) in [5.74, 6) is 0.583. The highest BCUT2D eigenvalue weighted by Crippen LogP contribution is 2.09. The van der Waals surface area contributed by atoms with E-state index in [-0.39, 0.29) is 6.61 Å². The van der Waals surface area contributed by atoms with E-state index in [0.29, 0.717) is 18.9 Å². The molecule has 7 heteroatoms. The van der Waals surface area contributed by atoms with Gasteiger partial charge in [0, 0.05) is 30.8 Å². The molecule has 2 heterocycles. The van der Waals surface area contributed by atoms with Gasteiger partial charge in [0.05, 0.1) is 6.10 Å². The molecule has 0 radical (unpaired) electrons. The van der Waals surface area contributed by atoms with E-state index in [1.807, 2.05) is 0 Å². The summed E-state index contributed by atoms with van der Waals surface area (Å²) in [5.41, 5.74) is 3.63. The van der Waals surface area contributed by atoms with Crippen LogP contribution in [0.4, 0.5) is 0 Å². The van der Waals surface area contributed by atoms with Crippen molar-refractivity contribution >= 4 is 5.84 Å². The van der Waals surface area contributed by atoms with E-state index >= 15 is 0 Å². The average molecular weight is 350 g/mol. The Morgan fingerprint density at radius 3 is 2.76 bits per heavy atom. The van der Waals surface area contributed by atoms with Gasteiger partial charge in [0.2, 0.25) is 0 Å². The Hall–Kier alpha value is -1.70. The van der Waals surface area contributed by atoms with Crippen LogP contribution >= 0.6 is 0 Å². The summed E-state index contributed by atoms with van der Waals surface area (Å²) in [6, 6.07) is 3.39. The molecule has 0 bridgehead atoms. The number of aliphatic imine (C=N–C) groups is 1. The first-order valence-electron chi connectivity index (χ1n) is 9.21. The Morgan fingerprint density at radius 1 is 1.36 bits per heavy atom. The third-order valence-corrected chi connectivity index (χ3v) is 4.22. The van der Waals surface area contributed by atoms with E-state index in [4.69, 9.17) is 4.84 Å². The number of pyridine rings is 1. The van der Waals surface area contributed by atoms with Crippen LogP contribution in [0.25, 0.3) is 0 Å². The largest absolute Gasteiger partial charge is 0.619 e. The average Bonchev–Trinajstić information content (AvgIpc) is 2.62. The first-order valence-corrected chi connectivity index (χ1v) is 9.21. The number of hydrogen-bond donors (Lipinski definition) is 2. The summed E-state index contributed by atoms with van der Waals surface area (Å²) in [6.45, 7) is 5.72. The molecule has 0 aliphatic carbocycles. The molecule has 1 aliphatic heterocycles. The molecule has 0 spiro atoms. The normalized spacial score (nSPS) is 17.4. The Balaban J connectivity index is 1.81. The number of aliphatic hydroxyl groups is 1. The number of unbranched alkanes of at least 4 members (excludes halogenated alkanes) is 1. The van der Waals surface area contributed by atoms with Crippen LogP contribution in [0.3, 0.4) is 0 Å². The van der Waals surface area contributed by atoms with Gasteiger partial charge in [-0.1, -0.05) is 19.8 Å². The zero-order valence-electron chi connectivity index (χ0n) is 15.1. The van der Waals surface area contributed by atoms with Crippen molar-refractivity contribution in [3.05, 3.63) is 35.3 Å². The van der Waals surface area contributed by atoms with E-state index in [2.05, 4.69) is 22.3 Å². The van der Waals surface area contributed by atoms with Crippen LogP contribution in [0.2, 0.25) is 0 Å². The minimum atomic E-state index is -0.540. The maximum atomic E-state index is 11.2. The summed E-state index contributed by atoms with van der Waals surface area (Å²) in [7, 11) is 0. The van der Waals surface area contributed by atoms with E-state index in [9.17, 15) is 10.3 Å². The fraction of sp³-hybridized carbons (Fsp3) is 0.667. The monoisotopic (exact) mass is 350 g/mol. The second kappa shape index (κ2) is 11.0. The highest BCUT2D eigenvalue weighted by Gasteiger charge is 2.15. The van der Waals surface area contributed by atoms with E-state index < -0.39 is 6.10 Å². The molecule has 1 aromatic heterocycles. The Kier molecular flexibility index (Phi) is 8.65. The number of rotatable bonds is 9. The van der Waals surface area contributed by atoms with Crippen LogP contribution in [-0.2, 0) is 4.84 Å². The lowest BCUT2D eigenvalue weighted by Crippen LogP contribution is -2.39. The SMILES string of the molecule is CCCCN=C(NOCC(O)CN1CCCCC1)c1cc[n+]([O-])cc1. The van der Waals surface area contributed by atoms with Crippen molar-refractivity contribution in [1.82, 2.24) is 10.4 Å². The van der Waals surface area contributed by atoms with Crippen LogP contribution in [0.15, 0.2) is 29.5 Å². The number of likely N-dealkylation sites (tertiary alicyclic amines) is 1. The van der Waals surface area contributed by atoms with Crippen LogP contribution in [0, 0.1) is 5.21 Å². The second-order valence-corrected chi connectivity index (χ2v) is 6.46. The first kappa shape index (κ1) is 19.6. The lowest BCUT2D eigenvalue weighted by atomic mass is 10.1. The second-order valence-electron chi connectivity index (χ2n) is 6.46. The van der Waals surface area contributed by atoms with Gasteiger partial charge in [0.1, 0.15) is 6.61 Å². The van der Waals surface area contributed by atoms with Gasteiger partial charge in [-0.3, -0.25) is 9.83 Å². The minimum Gasteiger partial charge on any atom is -0.619 e. The molecule has 2 N–H and O–H groups in total. The third-order valence-electron chi connectivity index (χ3n) is 4.22.